The zero-order valence-electron chi connectivity index (χ0n) is 27.7. The molecule has 4 aromatic rings. The predicted molar refractivity (Wildman–Crippen MR) is 157 cm³/mol. The molecule has 2 aromatic heterocycles. The van der Waals surface area contributed by atoms with E-state index in [4.69, 9.17) is 37.3 Å². The van der Waals surface area contributed by atoms with E-state index in [0.717, 1.165) is 103 Å². The summed E-state index contributed by atoms with van der Waals surface area (Å²) in [4.78, 5) is 4.98. The van der Waals surface area contributed by atoms with E-state index in [1.807, 2.05) is 21.5 Å². The van der Waals surface area contributed by atoms with Crippen molar-refractivity contribution in [2.45, 2.75) is 39.0 Å². The van der Waals surface area contributed by atoms with Crippen LogP contribution in [0, 0.1) is 20.5 Å². The second-order valence-electron chi connectivity index (χ2n) is 11.3. The molecule has 0 amide bonds. The summed E-state index contributed by atoms with van der Waals surface area (Å²) < 4.78 is 71.8. The molecule has 0 bridgehead atoms. The molecule has 1 aliphatic heterocycles. The minimum atomic E-state index is -4.94. The van der Waals surface area contributed by atoms with Gasteiger partial charge in [-0.1, -0.05) is 71.1 Å². The van der Waals surface area contributed by atoms with Crippen molar-refractivity contribution >= 4 is 0 Å². The molecular weight excluding hydrogens is 763 g/mol. The first-order valence-corrected chi connectivity index (χ1v) is 18.2. The van der Waals surface area contributed by atoms with Crippen LogP contribution >= 0.6 is 0 Å². The Morgan fingerprint density at radius 3 is 1.22 bits per heavy atom. The largest absolute Gasteiger partial charge is 2.00 e. The van der Waals surface area contributed by atoms with Gasteiger partial charge in [0.15, 0.2) is 0 Å². The Bertz CT molecular complexity index is 1330. The van der Waals surface area contributed by atoms with Crippen LogP contribution < -0.4 is 47.9 Å². The number of hydrogen-bond acceptors (Lipinski definition) is 16. The van der Waals surface area contributed by atoms with Crippen LogP contribution in [0.25, 0.3) is 0 Å². The van der Waals surface area contributed by atoms with Crippen LogP contribution in [0.5, 0.6) is 0 Å². The van der Waals surface area contributed by atoms with Crippen LogP contribution in [0.4, 0.5) is 0 Å². The Morgan fingerprint density at radius 1 is 0.510 bits per heavy atom. The van der Waals surface area contributed by atoms with Gasteiger partial charge in [-0.25, -0.2) is 46.6 Å². The van der Waals surface area contributed by atoms with Gasteiger partial charge in [0.05, 0.1) is 36.9 Å². The van der Waals surface area contributed by atoms with Crippen LogP contribution in [0.15, 0.2) is 73.1 Å². The molecule has 1 radical (unpaired) electrons. The molecule has 1 aliphatic rings. The molecule has 0 spiro atoms. The van der Waals surface area contributed by atoms with E-state index in [2.05, 4.69) is 102 Å². The fourth-order valence-corrected chi connectivity index (χ4v) is 5.10. The number of aromatic nitrogens is 6. The molecule has 2 aromatic carbocycles. The summed E-state index contributed by atoms with van der Waals surface area (Å²) in [5.41, 5.74) is 4.53. The maximum absolute atomic E-state index is 8.49. The molecular formula is C30H42Cl2CuN10O8. The van der Waals surface area contributed by atoms with Crippen LogP contribution in [-0.4, -0.2) is 92.1 Å². The van der Waals surface area contributed by atoms with Gasteiger partial charge in [-0.3, -0.25) is 9.80 Å². The van der Waals surface area contributed by atoms with Crippen molar-refractivity contribution in [2.75, 3.05) is 52.4 Å². The van der Waals surface area contributed by atoms with E-state index in [1.165, 1.54) is 11.1 Å². The third-order valence-electron chi connectivity index (χ3n) is 7.18. The van der Waals surface area contributed by atoms with Gasteiger partial charge in [0.2, 0.25) is 0 Å². The quantitative estimate of drug-likeness (QED) is 0.157. The first kappa shape index (κ1) is 44.5. The molecule has 0 saturated carbocycles. The van der Waals surface area contributed by atoms with Gasteiger partial charge < -0.3 is 10.6 Å². The first-order chi connectivity index (χ1) is 23.8. The molecule has 1 saturated heterocycles. The summed E-state index contributed by atoms with van der Waals surface area (Å²) in [5.74, 6) is 0. The summed E-state index contributed by atoms with van der Waals surface area (Å²) in [6.45, 7) is 11.2. The summed E-state index contributed by atoms with van der Waals surface area (Å²) in [5, 5.41) is 24.9. The standard InChI is InChI=1S/C30H42N10.2ClHO4.Cu/c1-3-9-27(10-4-1)21-39-25-29(33-35-39)23-37-17-7-13-32-16-20-38(18-8-14-31-15-19-37)24-30-26-40(36-34-30)22-28-11-5-2-6-12-28;2*2-1(3,4)5;/h1-6,9-12,25-26,31-32H,7-8,13-24H2;2*(H,2,3,4,5);/q;;;+2/p-2. The van der Waals surface area contributed by atoms with Gasteiger partial charge in [-0.2, -0.15) is 0 Å². The molecule has 0 aliphatic carbocycles. The fourth-order valence-electron chi connectivity index (χ4n) is 5.10. The molecule has 1 fully saturated rings. The van der Waals surface area contributed by atoms with Gasteiger partial charge in [0, 0.05) is 39.3 Å². The molecule has 285 valence electrons. The SMILES string of the molecule is [Cu+2].[O-][Cl+3]([O-])([O-])[O-].[O-][Cl+3]([O-])([O-])[O-].c1ccc(Cn2cc(CN3CCCNCCN(Cc4cn(Cc5ccccc5)nn4)CCCNCC3)nn2)cc1. The van der Waals surface area contributed by atoms with Crippen LogP contribution in [0.3, 0.4) is 0 Å². The van der Waals surface area contributed by atoms with Crippen molar-refractivity contribution < 1.29 is 74.8 Å². The molecule has 0 unspecified atom stereocenters. The third-order valence-corrected chi connectivity index (χ3v) is 7.18. The molecule has 5 rings (SSSR count). The maximum atomic E-state index is 8.49. The first-order valence-electron chi connectivity index (χ1n) is 15.8. The van der Waals surface area contributed by atoms with Crippen LogP contribution in [0.1, 0.15) is 35.4 Å². The molecule has 21 heteroatoms. The van der Waals surface area contributed by atoms with Crippen molar-refractivity contribution in [3.05, 3.63) is 95.6 Å². The topological polar surface area (TPSA) is 276 Å². The second kappa shape index (κ2) is 23.8. The Labute approximate surface area is 311 Å². The predicted octanol–water partition coefficient (Wildman–Crippen LogP) is -7.27. The van der Waals surface area contributed by atoms with Gasteiger partial charge in [-0.05, 0) is 50.1 Å². The molecule has 51 heavy (non-hydrogen) atoms. The zero-order chi connectivity index (χ0) is 36.2. The number of rotatable bonds is 8. The third kappa shape index (κ3) is 22.8. The maximum Gasteiger partial charge on any atom is 2.00 e. The smallest absolute Gasteiger partial charge is 0.315 e. The number of halogens is 2. The van der Waals surface area contributed by atoms with Gasteiger partial charge in [0.25, 0.3) is 0 Å². The van der Waals surface area contributed by atoms with Crippen molar-refractivity contribution in [3.63, 3.8) is 0 Å². The van der Waals surface area contributed by atoms with Crippen molar-refractivity contribution in [3.8, 4) is 0 Å². The van der Waals surface area contributed by atoms with Crippen molar-refractivity contribution in [1.29, 1.82) is 0 Å². The summed E-state index contributed by atoms with van der Waals surface area (Å²) in [6.07, 6.45) is 6.37. The van der Waals surface area contributed by atoms with Crippen molar-refractivity contribution in [2.24, 2.45) is 0 Å². The summed E-state index contributed by atoms with van der Waals surface area (Å²) in [7, 11) is -9.89. The number of nitrogens with one attached hydrogen (secondary N) is 2. The average molecular weight is 805 g/mol. The summed E-state index contributed by atoms with van der Waals surface area (Å²) >= 11 is 0. The van der Waals surface area contributed by atoms with Crippen LogP contribution in [-0.2, 0) is 43.2 Å². The second-order valence-corrected chi connectivity index (χ2v) is 12.8. The monoisotopic (exact) mass is 803 g/mol. The normalized spacial score (nSPS) is 15.7. The van der Waals surface area contributed by atoms with E-state index < -0.39 is 20.5 Å². The van der Waals surface area contributed by atoms with E-state index >= 15 is 0 Å². The van der Waals surface area contributed by atoms with Gasteiger partial charge in [-0.15, -0.1) is 30.7 Å². The van der Waals surface area contributed by atoms with Crippen LogP contribution in [0.2, 0.25) is 0 Å². The van der Waals surface area contributed by atoms with E-state index in [-0.39, 0.29) is 17.1 Å². The Balaban J connectivity index is 0.000000723. The molecule has 2 N–H and O–H groups in total. The molecule has 18 nitrogen and oxygen atoms in total. The minimum Gasteiger partial charge on any atom is -0.315 e. The van der Waals surface area contributed by atoms with Gasteiger partial charge >= 0.3 is 17.1 Å². The Hall–Kier alpha value is -2.66. The average Bonchev–Trinajstić information content (AvgIpc) is 3.68. The molecule has 3 heterocycles. The number of nitrogens with zero attached hydrogens (tertiary/aromatic N) is 8. The molecule has 0 atom stereocenters. The minimum absolute atomic E-state index is 0. The number of benzene rings is 2. The summed E-state index contributed by atoms with van der Waals surface area (Å²) in [6, 6.07) is 20.8. The Morgan fingerprint density at radius 2 is 0.863 bits per heavy atom. The fraction of sp³-hybridized carbons (Fsp3) is 0.467. The van der Waals surface area contributed by atoms with Gasteiger partial charge in [0.1, 0.15) is 0 Å². The Kier molecular flexibility index (Phi) is 20.8. The zero-order valence-corrected chi connectivity index (χ0v) is 30.2. The van der Waals surface area contributed by atoms with Crippen molar-refractivity contribution in [1.82, 2.24) is 50.4 Å². The van der Waals surface area contributed by atoms with E-state index in [0.29, 0.717) is 0 Å². The van der Waals surface area contributed by atoms with E-state index in [1.54, 1.807) is 0 Å². The van der Waals surface area contributed by atoms with E-state index in [9.17, 15) is 0 Å². The number of hydrogen-bond donors (Lipinski definition) is 2.